The average molecular weight is 231 g/mol. The topological polar surface area (TPSA) is 122 Å². The number of hydrogen-bond acceptors (Lipinski definition) is 3. The zero-order valence-corrected chi connectivity index (χ0v) is 9.48. The van der Waals surface area contributed by atoms with Crippen LogP contribution in [-0.4, -0.2) is 35.1 Å². The van der Waals surface area contributed by atoms with Crippen LogP contribution in [0.3, 0.4) is 0 Å². The molecule has 0 aromatic heterocycles. The van der Waals surface area contributed by atoms with E-state index in [0.29, 0.717) is 0 Å². The molecule has 0 aromatic carbocycles. The number of carboxylic acids is 1. The molecule has 0 aliphatic carbocycles. The highest BCUT2D eigenvalue weighted by Crippen LogP contribution is 2.00. The average Bonchev–Trinajstić information content (AvgIpc) is 2.12. The van der Waals surface area contributed by atoms with Crippen molar-refractivity contribution in [2.45, 2.75) is 32.9 Å². The molecule has 0 radical (unpaired) electrons. The summed E-state index contributed by atoms with van der Waals surface area (Å²) < 4.78 is 0. The molecule has 0 spiro atoms. The van der Waals surface area contributed by atoms with Crippen LogP contribution in [0.5, 0.6) is 0 Å². The molecular formula is C9H17N3O4. The maximum Gasteiger partial charge on any atom is 0.325 e. The number of carboxylic acid groups (broad SMARTS) is 1. The molecule has 0 saturated heterocycles. The molecule has 5 N–H and O–H groups in total. The summed E-state index contributed by atoms with van der Waals surface area (Å²) in [7, 11) is 0. The Bertz CT molecular complexity index is 290. The molecule has 16 heavy (non-hydrogen) atoms. The Hall–Kier alpha value is -1.79. The van der Waals surface area contributed by atoms with Crippen molar-refractivity contribution in [3.63, 3.8) is 0 Å². The summed E-state index contributed by atoms with van der Waals surface area (Å²) in [5.74, 6) is -1.98. The first-order valence-corrected chi connectivity index (χ1v) is 4.84. The van der Waals surface area contributed by atoms with Gasteiger partial charge in [-0.3, -0.25) is 9.59 Å². The summed E-state index contributed by atoms with van der Waals surface area (Å²) in [4.78, 5) is 32.7. The Labute approximate surface area is 93.4 Å². The number of rotatable bonds is 5. The summed E-state index contributed by atoms with van der Waals surface area (Å²) >= 11 is 0. The Kier molecular flexibility index (Phi) is 5.27. The molecule has 0 heterocycles. The lowest BCUT2D eigenvalue weighted by Crippen LogP contribution is -2.53. The Balaban J connectivity index is 4.31. The van der Waals surface area contributed by atoms with Gasteiger partial charge in [-0.1, -0.05) is 13.8 Å². The molecule has 0 rings (SSSR count). The maximum atomic E-state index is 11.3. The number of carbonyl (C=O) groups excluding carboxylic acids is 2. The van der Waals surface area contributed by atoms with E-state index in [-0.39, 0.29) is 5.92 Å². The van der Waals surface area contributed by atoms with Crippen molar-refractivity contribution in [3.05, 3.63) is 0 Å². The predicted molar refractivity (Wildman–Crippen MR) is 56.6 cm³/mol. The third kappa shape index (κ3) is 4.63. The molecule has 7 heteroatoms. The summed E-state index contributed by atoms with van der Waals surface area (Å²) in [6.07, 6.45) is 0. The second kappa shape index (κ2) is 5.94. The molecule has 0 fully saturated rings. The summed E-state index contributed by atoms with van der Waals surface area (Å²) in [5.41, 5.74) is 5.08. The van der Waals surface area contributed by atoms with Crippen LogP contribution in [0, 0.1) is 5.92 Å². The number of aliphatic carboxylic acids is 1. The van der Waals surface area contributed by atoms with Crippen LogP contribution in [0.25, 0.3) is 0 Å². The first kappa shape index (κ1) is 14.2. The molecule has 7 nitrogen and oxygen atoms in total. The second-order valence-electron chi connectivity index (χ2n) is 3.80. The number of urea groups is 1. The monoisotopic (exact) mass is 231 g/mol. The molecule has 2 atom stereocenters. The van der Waals surface area contributed by atoms with E-state index in [1.165, 1.54) is 6.92 Å². The second-order valence-corrected chi connectivity index (χ2v) is 3.80. The number of nitrogens with one attached hydrogen (secondary N) is 2. The fourth-order valence-corrected chi connectivity index (χ4v) is 1.01. The van der Waals surface area contributed by atoms with E-state index in [0.717, 1.165) is 0 Å². The van der Waals surface area contributed by atoms with Crippen LogP contribution >= 0.6 is 0 Å². The molecule has 0 bridgehead atoms. The first-order chi connectivity index (χ1) is 7.25. The van der Waals surface area contributed by atoms with Crippen molar-refractivity contribution >= 4 is 17.9 Å². The van der Waals surface area contributed by atoms with E-state index in [1.807, 2.05) is 0 Å². The molecule has 3 amide bonds. The lowest BCUT2D eigenvalue weighted by Gasteiger charge is -2.20. The quantitative estimate of drug-likeness (QED) is 0.498. The summed E-state index contributed by atoms with van der Waals surface area (Å²) in [6, 6.07) is -2.57. The van der Waals surface area contributed by atoms with Gasteiger partial charge in [0.15, 0.2) is 0 Å². The number of nitrogens with two attached hydrogens (primary N) is 1. The highest BCUT2D eigenvalue weighted by Gasteiger charge is 2.23. The van der Waals surface area contributed by atoms with Gasteiger partial charge in [-0.05, 0) is 12.8 Å². The highest BCUT2D eigenvalue weighted by atomic mass is 16.4. The first-order valence-electron chi connectivity index (χ1n) is 4.84. The smallest absolute Gasteiger partial charge is 0.325 e. The van der Waals surface area contributed by atoms with Crippen LogP contribution in [0.2, 0.25) is 0 Å². The van der Waals surface area contributed by atoms with Crippen LogP contribution in [-0.2, 0) is 9.59 Å². The molecule has 92 valence electrons. The third-order valence-electron chi connectivity index (χ3n) is 1.98. The number of amides is 3. The van der Waals surface area contributed by atoms with E-state index < -0.39 is 30.0 Å². The van der Waals surface area contributed by atoms with E-state index in [9.17, 15) is 14.4 Å². The SMILES string of the molecule is CC(NC(=O)NC(C(N)=O)C(C)C)C(=O)O. The van der Waals surface area contributed by atoms with Crippen LogP contribution in [0.4, 0.5) is 4.79 Å². The Morgan fingerprint density at radius 1 is 1.12 bits per heavy atom. The lowest BCUT2D eigenvalue weighted by molar-refractivity contribution is -0.138. The van der Waals surface area contributed by atoms with Gasteiger partial charge in [-0.15, -0.1) is 0 Å². The fraction of sp³-hybridized carbons (Fsp3) is 0.667. The van der Waals surface area contributed by atoms with Crippen molar-refractivity contribution in [1.29, 1.82) is 0 Å². The van der Waals surface area contributed by atoms with Crippen molar-refractivity contribution in [1.82, 2.24) is 10.6 Å². The Morgan fingerprint density at radius 3 is 1.94 bits per heavy atom. The van der Waals surface area contributed by atoms with Gasteiger partial charge in [0.25, 0.3) is 0 Å². The van der Waals surface area contributed by atoms with Gasteiger partial charge in [0.05, 0.1) is 0 Å². The van der Waals surface area contributed by atoms with Gasteiger partial charge in [0, 0.05) is 0 Å². The van der Waals surface area contributed by atoms with E-state index >= 15 is 0 Å². The normalized spacial score (nSPS) is 14.0. The molecule has 0 aliphatic heterocycles. The van der Waals surface area contributed by atoms with Gasteiger partial charge in [-0.25, -0.2) is 4.79 Å². The minimum absolute atomic E-state index is 0.164. The molecule has 0 aliphatic rings. The minimum atomic E-state index is -1.16. The van der Waals surface area contributed by atoms with Crippen LogP contribution in [0.1, 0.15) is 20.8 Å². The van der Waals surface area contributed by atoms with Crippen LogP contribution in [0.15, 0.2) is 0 Å². The summed E-state index contributed by atoms with van der Waals surface area (Å²) in [5, 5.41) is 13.0. The molecule has 0 saturated carbocycles. The molecule has 2 unspecified atom stereocenters. The van der Waals surface area contributed by atoms with Gasteiger partial charge in [-0.2, -0.15) is 0 Å². The van der Waals surface area contributed by atoms with Crippen molar-refractivity contribution in [2.24, 2.45) is 11.7 Å². The third-order valence-corrected chi connectivity index (χ3v) is 1.98. The van der Waals surface area contributed by atoms with Gasteiger partial charge < -0.3 is 21.5 Å². The number of hydrogen-bond donors (Lipinski definition) is 4. The number of carbonyl (C=O) groups is 3. The molecule has 0 aromatic rings. The number of primary amides is 1. The van der Waals surface area contributed by atoms with E-state index in [4.69, 9.17) is 10.8 Å². The minimum Gasteiger partial charge on any atom is -0.480 e. The molecular weight excluding hydrogens is 214 g/mol. The zero-order chi connectivity index (χ0) is 12.9. The largest absolute Gasteiger partial charge is 0.480 e. The standard InChI is InChI=1S/C9H17N3O4/c1-4(2)6(7(10)13)12-9(16)11-5(3)8(14)15/h4-6H,1-3H3,(H2,10,13)(H,14,15)(H2,11,12,16). The lowest BCUT2D eigenvalue weighted by atomic mass is 10.0. The predicted octanol–water partition coefficient (Wildman–Crippen LogP) is -0.731. The van der Waals surface area contributed by atoms with Gasteiger partial charge in [0.2, 0.25) is 5.91 Å². The fourth-order valence-electron chi connectivity index (χ4n) is 1.01. The maximum absolute atomic E-state index is 11.3. The van der Waals surface area contributed by atoms with E-state index in [1.54, 1.807) is 13.8 Å². The van der Waals surface area contributed by atoms with Crippen molar-refractivity contribution in [3.8, 4) is 0 Å². The van der Waals surface area contributed by atoms with Crippen molar-refractivity contribution < 1.29 is 19.5 Å². The summed E-state index contributed by atoms with van der Waals surface area (Å²) in [6.45, 7) is 4.75. The van der Waals surface area contributed by atoms with Gasteiger partial charge in [0.1, 0.15) is 12.1 Å². The van der Waals surface area contributed by atoms with Crippen LogP contribution < -0.4 is 16.4 Å². The Morgan fingerprint density at radius 2 is 1.62 bits per heavy atom. The highest BCUT2D eigenvalue weighted by molar-refractivity contribution is 5.88. The zero-order valence-electron chi connectivity index (χ0n) is 9.48. The van der Waals surface area contributed by atoms with Gasteiger partial charge >= 0.3 is 12.0 Å². The van der Waals surface area contributed by atoms with E-state index in [2.05, 4.69) is 10.6 Å². The van der Waals surface area contributed by atoms with Crippen molar-refractivity contribution in [2.75, 3.05) is 0 Å².